The fraction of sp³-hybridized carbons (Fsp3) is 0.500. The molecule has 1 heterocycles. The van der Waals surface area contributed by atoms with Crippen LogP contribution < -0.4 is 10.7 Å². The molecule has 14 heavy (non-hydrogen) atoms. The molecule has 0 bridgehead atoms. The van der Waals surface area contributed by atoms with Crippen LogP contribution in [-0.2, 0) is 0 Å². The van der Waals surface area contributed by atoms with Crippen molar-refractivity contribution < 1.29 is 0 Å². The Balaban J connectivity index is 2.12. The van der Waals surface area contributed by atoms with E-state index in [0.717, 1.165) is 23.6 Å². The maximum absolute atomic E-state index is 4.78. The molecule has 0 unspecified atom stereocenters. The Morgan fingerprint density at radius 3 is 2.00 bits per heavy atom. The van der Waals surface area contributed by atoms with E-state index in [4.69, 9.17) is 9.98 Å². The molecule has 2 aliphatic rings. The molecular formula is C12H14N2. The van der Waals surface area contributed by atoms with Crippen molar-refractivity contribution in [1.82, 2.24) is 0 Å². The molecule has 1 spiro atoms. The van der Waals surface area contributed by atoms with Gasteiger partial charge >= 0.3 is 0 Å². The van der Waals surface area contributed by atoms with E-state index in [0.29, 0.717) is 0 Å². The van der Waals surface area contributed by atoms with Gasteiger partial charge in [-0.25, -0.2) is 0 Å². The average molecular weight is 186 g/mol. The molecule has 0 saturated heterocycles. The van der Waals surface area contributed by atoms with Crippen LogP contribution in [0.4, 0.5) is 0 Å². The topological polar surface area (TPSA) is 24.7 Å². The van der Waals surface area contributed by atoms with Crippen LogP contribution in [0.2, 0.25) is 0 Å². The Hall–Kier alpha value is -1.18. The van der Waals surface area contributed by atoms with Gasteiger partial charge in [0.25, 0.3) is 0 Å². The summed E-state index contributed by atoms with van der Waals surface area (Å²) < 4.78 is 0. The number of hydrogen-bond acceptors (Lipinski definition) is 2. The summed E-state index contributed by atoms with van der Waals surface area (Å²) in [6.45, 7) is 0. The molecule has 2 heteroatoms. The smallest absolute Gasteiger partial charge is 0.151 e. The SMILES string of the molecule is c1ccc2c(c1)=NC1(CCCCC1)N=2. The van der Waals surface area contributed by atoms with Gasteiger partial charge in [-0.2, -0.15) is 0 Å². The lowest BCUT2D eigenvalue weighted by Gasteiger charge is -2.27. The van der Waals surface area contributed by atoms with Crippen LogP contribution in [0.25, 0.3) is 0 Å². The normalized spacial score (nSPS) is 22.6. The second-order valence-corrected chi connectivity index (χ2v) is 4.26. The first-order chi connectivity index (χ1) is 6.88. The van der Waals surface area contributed by atoms with Crippen molar-refractivity contribution in [3.8, 4) is 0 Å². The van der Waals surface area contributed by atoms with Gasteiger partial charge in [0.1, 0.15) is 0 Å². The van der Waals surface area contributed by atoms with E-state index in [1.165, 1.54) is 19.3 Å². The number of benzene rings is 1. The summed E-state index contributed by atoms with van der Waals surface area (Å²) in [5.41, 5.74) is -0.0675. The molecular weight excluding hydrogens is 172 g/mol. The molecule has 0 amide bonds. The van der Waals surface area contributed by atoms with Gasteiger partial charge < -0.3 is 0 Å². The monoisotopic (exact) mass is 186 g/mol. The summed E-state index contributed by atoms with van der Waals surface area (Å²) in [7, 11) is 0. The second kappa shape index (κ2) is 2.91. The van der Waals surface area contributed by atoms with Crippen molar-refractivity contribution in [3.05, 3.63) is 35.0 Å². The molecule has 3 rings (SSSR count). The maximum Gasteiger partial charge on any atom is 0.151 e. The molecule has 1 aromatic carbocycles. The number of hydrogen-bond donors (Lipinski definition) is 0. The molecule has 1 aliphatic heterocycles. The second-order valence-electron chi connectivity index (χ2n) is 4.26. The van der Waals surface area contributed by atoms with E-state index in [9.17, 15) is 0 Å². The number of nitrogens with zero attached hydrogens (tertiary/aromatic N) is 2. The van der Waals surface area contributed by atoms with Crippen LogP contribution >= 0.6 is 0 Å². The first-order valence-corrected chi connectivity index (χ1v) is 5.43. The Kier molecular flexibility index (Phi) is 1.69. The lowest BCUT2D eigenvalue weighted by Crippen LogP contribution is -2.25. The average Bonchev–Trinajstić information content (AvgIpc) is 2.56. The van der Waals surface area contributed by atoms with Gasteiger partial charge in [0, 0.05) is 0 Å². The maximum atomic E-state index is 4.78. The van der Waals surface area contributed by atoms with E-state index >= 15 is 0 Å². The highest BCUT2D eigenvalue weighted by Gasteiger charge is 2.32. The molecule has 1 fully saturated rings. The molecule has 1 saturated carbocycles. The summed E-state index contributed by atoms with van der Waals surface area (Å²) in [5, 5.41) is 2.18. The van der Waals surface area contributed by atoms with Crippen molar-refractivity contribution in [2.24, 2.45) is 9.98 Å². The first kappa shape index (κ1) is 8.16. The van der Waals surface area contributed by atoms with E-state index in [-0.39, 0.29) is 5.66 Å². The number of fused-ring (bicyclic) bond motifs is 1. The highest BCUT2D eigenvalue weighted by Crippen LogP contribution is 2.32. The van der Waals surface area contributed by atoms with Crippen LogP contribution in [0.1, 0.15) is 32.1 Å². The zero-order valence-corrected chi connectivity index (χ0v) is 8.24. The molecule has 0 aromatic heterocycles. The van der Waals surface area contributed by atoms with Gasteiger partial charge in [-0.3, -0.25) is 9.98 Å². The highest BCUT2D eigenvalue weighted by atomic mass is 15.1. The largest absolute Gasteiger partial charge is 0.253 e. The van der Waals surface area contributed by atoms with E-state index < -0.39 is 0 Å². The summed E-state index contributed by atoms with van der Waals surface area (Å²) in [6.07, 6.45) is 6.19. The van der Waals surface area contributed by atoms with E-state index in [2.05, 4.69) is 12.1 Å². The lowest BCUT2D eigenvalue weighted by molar-refractivity contribution is 0.309. The van der Waals surface area contributed by atoms with Gasteiger partial charge in [-0.15, -0.1) is 0 Å². The van der Waals surface area contributed by atoms with Crippen molar-refractivity contribution in [1.29, 1.82) is 0 Å². The van der Waals surface area contributed by atoms with Crippen LogP contribution in [0.5, 0.6) is 0 Å². The highest BCUT2D eigenvalue weighted by molar-refractivity contribution is 5.08. The van der Waals surface area contributed by atoms with Crippen LogP contribution in [0.3, 0.4) is 0 Å². The Morgan fingerprint density at radius 2 is 1.43 bits per heavy atom. The van der Waals surface area contributed by atoms with Crippen molar-refractivity contribution in [3.63, 3.8) is 0 Å². The summed E-state index contributed by atoms with van der Waals surface area (Å²) in [4.78, 5) is 9.55. The van der Waals surface area contributed by atoms with Gasteiger partial charge in [0.2, 0.25) is 0 Å². The van der Waals surface area contributed by atoms with E-state index in [1.807, 2.05) is 12.1 Å². The minimum absolute atomic E-state index is 0.0675. The molecule has 2 nitrogen and oxygen atoms in total. The third kappa shape index (κ3) is 1.17. The molecule has 1 aromatic rings. The van der Waals surface area contributed by atoms with Crippen molar-refractivity contribution in [2.45, 2.75) is 37.8 Å². The third-order valence-electron chi connectivity index (χ3n) is 3.19. The third-order valence-corrected chi connectivity index (χ3v) is 3.19. The minimum atomic E-state index is -0.0675. The molecule has 0 N–H and O–H groups in total. The van der Waals surface area contributed by atoms with Gasteiger partial charge in [0.15, 0.2) is 5.66 Å². The quantitative estimate of drug-likeness (QED) is 0.588. The van der Waals surface area contributed by atoms with Gasteiger partial charge in [-0.1, -0.05) is 18.6 Å². The summed E-state index contributed by atoms with van der Waals surface area (Å²) in [5.74, 6) is 0. The zero-order chi connectivity index (χ0) is 9.43. The Morgan fingerprint density at radius 1 is 0.857 bits per heavy atom. The zero-order valence-electron chi connectivity index (χ0n) is 8.24. The Bertz CT molecular complexity index is 418. The van der Waals surface area contributed by atoms with Crippen LogP contribution in [0.15, 0.2) is 34.3 Å². The van der Waals surface area contributed by atoms with Crippen molar-refractivity contribution >= 4 is 0 Å². The fourth-order valence-electron chi connectivity index (χ4n) is 2.47. The van der Waals surface area contributed by atoms with Gasteiger partial charge in [0.05, 0.1) is 10.7 Å². The Labute approximate surface area is 83.4 Å². The summed E-state index contributed by atoms with van der Waals surface area (Å²) in [6, 6.07) is 8.23. The summed E-state index contributed by atoms with van der Waals surface area (Å²) >= 11 is 0. The fourth-order valence-corrected chi connectivity index (χ4v) is 2.47. The minimum Gasteiger partial charge on any atom is -0.253 e. The predicted octanol–water partition coefficient (Wildman–Crippen LogP) is 1.60. The first-order valence-electron chi connectivity index (χ1n) is 5.43. The van der Waals surface area contributed by atoms with Crippen molar-refractivity contribution in [2.75, 3.05) is 0 Å². The van der Waals surface area contributed by atoms with Crippen LogP contribution in [0, 0.1) is 0 Å². The molecule has 0 atom stereocenters. The molecule has 72 valence electrons. The number of rotatable bonds is 0. The standard InChI is InChI=1S/C12H14N2/c1-4-8-12(9-5-1)13-10-6-2-3-7-11(10)14-12/h2-3,6-7H,1,4-5,8-9H2. The molecule has 0 radical (unpaired) electrons. The molecule has 1 aliphatic carbocycles. The number of para-hydroxylation sites is 2. The van der Waals surface area contributed by atoms with Gasteiger partial charge in [-0.05, 0) is 37.8 Å². The van der Waals surface area contributed by atoms with Crippen LogP contribution in [-0.4, -0.2) is 5.66 Å². The predicted molar refractivity (Wildman–Crippen MR) is 54.6 cm³/mol. The lowest BCUT2D eigenvalue weighted by atomic mass is 9.90. The van der Waals surface area contributed by atoms with E-state index in [1.54, 1.807) is 0 Å².